The first kappa shape index (κ1) is 22.6. The van der Waals surface area contributed by atoms with Gasteiger partial charge in [-0.05, 0) is 63.9 Å². The molecule has 1 amide bonds. The largest absolute Gasteiger partial charge is 0.497 e. The molecule has 0 aliphatic rings. The summed E-state index contributed by atoms with van der Waals surface area (Å²) < 4.78 is 11.0. The summed E-state index contributed by atoms with van der Waals surface area (Å²) in [5.41, 5.74) is 2.79. The molecule has 0 aliphatic carbocycles. The van der Waals surface area contributed by atoms with Crippen LogP contribution in [0.4, 0.5) is 0 Å². The Morgan fingerprint density at radius 1 is 0.882 bits per heavy atom. The SMILES string of the molecule is COc1ccc(CNC(=O)C(C#N)=Cc2ccc(OCc3ccc4ccccc4c3)cc2)cc1. The van der Waals surface area contributed by atoms with Gasteiger partial charge in [0.1, 0.15) is 29.7 Å². The number of nitrogens with one attached hydrogen (secondary N) is 1. The third kappa shape index (κ3) is 5.81. The van der Waals surface area contributed by atoms with Crippen LogP contribution >= 0.6 is 0 Å². The number of hydrogen-bond donors (Lipinski definition) is 1. The summed E-state index contributed by atoms with van der Waals surface area (Å²) in [5, 5.41) is 14.6. The maximum atomic E-state index is 12.4. The summed E-state index contributed by atoms with van der Waals surface area (Å²) in [4.78, 5) is 12.4. The van der Waals surface area contributed by atoms with Crippen molar-refractivity contribution in [2.75, 3.05) is 7.11 Å². The van der Waals surface area contributed by atoms with Gasteiger partial charge in [0, 0.05) is 6.54 Å². The standard InChI is InChI=1S/C29H24N2O3/c1-33-27-12-9-22(10-13-27)19-31-29(32)26(18-30)16-21-7-14-28(15-8-21)34-20-23-6-11-24-4-2-3-5-25(24)17-23/h2-17H,19-20H2,1H3,(H,31,32). The molecule has 4 aromatic rings. The molecular formula is C29H24N2O3. The second-order valence-corrected chi connectivity index (χ2v) is 7.74. The van der Waals surface area contributed by atoms with Gasteiger partial charge >= 0.3 is 0 Å². The number of hydrogen-bond acceptors (Lipinski definition) is 4. The Bertz CT molecular complexity index is 1350. The summed E-state index contributed by atoms with van der Waals surface area (Å²) in [5.74, 6) is 1.04. The van der Waals surface area contributed by atoms with Crippen LogP contribution in [0.1, 0.15) is 16.7 Å². The molecule has 0 heterocycles. The van der Waals surface area contributed by atoms with Crippen molar-refractivity contribution in [2.45, 2.75) is 13.2 Å². The summed E-state index contributed by atoms with van der Waals surface area (Å²) >= 11 is 0. The molecule has 1 N–H and O–H groups in total. The molecule has 5 nitrogen and oxygen atoms in total. The van der Waals surface area contributed by atoms with Crippen molar-refractivity contribution in [1.29, 1.82) is 5.26 Å². The highest BCUT2D eigenvalue weighted by molar-refractivity contribution is 6.01. The minimum absolute atomic E-state index is 0.0401. The number of nitrogens with zero attached hydrogens (tertiary/aromatic N) is 1. The minimum atomic E-state index is -0.421. The molecule has 4 rings (SSSR count). The predicted octanol–water partition coefficient (Wildman–Crippen LogP) is 5.65. The van der Waals surface area contributed by atoms with Crippen molar-refractivity contribution in [3.8, 4) is 17.6 Å². The molecule has 0 unspecified atom stereocenters. The van der Waals surface area contributed by atoms with Gasteiger partial charge in [-0.3, -0.25) is 4.79 Å². The van der Waals surface area contributed by atoms with Gasteiger partial charge in [-0.1, -0.05) is 60.7 Å². The smallest absolute Gasteiger partial charge is 0.262 e. The highest BCUT2D eigenvalue weighted by Crippen LogP contribution is 2.19. The minimum Gasteiger partial charge on any atom is -0.497 e. The van der Waals surface area contributed by atoms with E-state index in [2.05, 4.69) is 35.6 Å². The molecule has 0 aliphatic heterocycles. The Balaban J connectivity index is 1.34. The lowest BCUT2D eigenvalue weighted by molar-refractivity contribution is -0.117. The Hall–Kier alpha value is -4.56. The van der Waals surface area contributed by atoms with Crippen molar-refractivity contribution >= 4 is 22.8 Å². The predicted molar refractivity (Wildman–Crippen MR) is 133 cm³/mol. The molecule has 0 atom stereocenters. The molecule has 4 aromatic carbocycles. The number of carbonyl (C=O) groups excluding carboxylic acids is 1. The second kappa shape index (κ2) is 10.8. The van der Waals surface area contributed by atoms with Crippen LogP contribution in [0.15, 0.2) is 96.6 Å². The molecular weight excluding hydrogens is 424 g/mol. The second-order valence-electron chi connectivity index (χ2n) is 7.74. The number of amides is 1. The third-order valence-corrected chi connectivity index (χ3v) is 5.39. The Labute approximate surface area is 198 Å². The van der Waals surface area contributed by atoms with E-state index >= 15 is 0 Å². The summed E-state index contributed by atoms with van der Waals surface area (Å²) in [6.07, 6.45) is 1.57. The van der Waals surface area contributed by atoms with Crippen LogP contribution in [-0.2, 0) is 17.9 Å². The van der Waals surface area contributed by atoms with Gasteiger partial charge in [-0.25, -0.2) is 0 Å². The number of rotatable bonds is 8. The van der Waals surface area contributed by atoms with Crippen LogP contribution in [-0.4, -0.2) is 13.0 Å². The van der Waals surface area contributed by atoms with Gasteiger partial charge in [0.15, 0.2) is 0 Å². The van der Waals surface area contributed by atoms with Crippen molar-refractivity contribution < 1.29 is 14.3 Å². The highest BCUT2D eigenvalue weighted by Gasteiger charge is 2.09. The fraction of sp³-hybridized carbons (Fsp3) is 0.103. The van der Waals surface area contributed by atoms with Gasteiger partial charge in [-0.2, -0.15) is 5.26 Å². The van der Waals surface area contributed by atoms with Crippen LogP contribution in [0.5, 0.6) is 11.5 Å². The topological polar surface area (TPSA) is 71.3 Å². The summed E-state index contributed by atoms with van der Waals surface area (Å²) in [6.45, 7) is 0.778. The lowest BCUT2D eigenvalue weighted by Crippen LogP contribution is -2.23. The van der Waals surface area contributed by atoms with E-state index in [4.69, 9.17) is 9.47 Å². The van der Waals surface area contributed by atoms with Crippen LogP contribution in [0, 0.1) is 11.3 Å². The van der Waals surface area contributed by atoms with Gasteiger partial charge in [-0.15, -0.1) is 0 Å². The fourth-order valence-corrected chi connectivity index (χ4v) is 3.49. The maximum absolute atomic E-state index is 12.4. The van der Waals surface area contributed by atoms with Gasteiger partial charge in [0.05, 0.1) is 7.11 Å². The summed E-state index contributed by atoms with van der Waals surface area (Å²) in [7, 11) is 1.60. The molecule has 0 fully saturated rings. The molecule has 0 saturated carbocycles. The number of ether oxygens (including phenoxy) is 2. The molecule has 0 saturated heterocycles. The molecule has 0 aromatic heterocycles. The van der Waals surface area contributed by atoms with Crippen LogP contribution in [0.2, 0.25) is 0 Å². The number of methoxy groups -OCH3 is 1. The van der Waals surface area contributed by atoms with Crippen LogP contribution < -0.4 is 14.8 Å². The zero-order valence-corrected chi connectivity index (χ0v) is 18.8. The highest BCUT2D eigenvalue weighted by atomic mass is 16.5. The van der Waals surface area contributed by atoms with E-state index in [0.717, 1.165) is 22.4 Å². The van der Waals surface area contributed by atoms with E-state index in [0.29, 0.717) is 18.9 Å². The van der Waals surface area contributed by atoms with Gasteiger partial charge < -0.3 is 14.8 Å². The Morgan fingerprint density at radius 3 is 2.26 bits per heavy atom. The molecule has 0 radical (unpaired) electrons. The normalized spacial score (nSPS) is 11.0. The first-order valence-electron chi connectivity index (χ1n) is 10.9. The van der Waals surface area contributed by atoms with Gasteiger partial charge in [0.25, 0.3) is 5.91 Å². The number of carbonyl (C=O) groups is 1. The van der Waals surface area contributed by atoms with Crippen molar-refractivity contribution in [3.05, 3.63) is 113 Å². The Morgan fingerprint density at radius 2 is 1.56 bits per heavy atom. The van der Waals surface area contributed by atoms with Crippen molar-refractivity contribution in [1.82, 2.24) is 5.32 Å². The number of benzene rings is 4. The van der Waals surface area contributed by atoms with Crippen LogP contribution in [0.25, 0.3) is 16.8 Å². The molecule has 168 valence electrons. The van der Waals surface area contributed by atoms with Crippen LogP contribution in [0.3, 0.4) is 0 Å². The van der Waals surface area contributed by atoms with E-state index in [-0.39, 0.29) is 5.57 Å². The van der Waals surface area contributed by atoms with E-state index in [1.165, 1.54) is 10.8 Å². The zero-order valence-electron chi connectivity index (χ0n) is 18.8. The van der Waals surface area contributed by atoms with Crippen molar-refractivity contribution in [2.24, 2.45) is 0 Å². The van der Waals surface area contributed by atoms with Crippen molar-refractivity contribution in [3.63, 3.8) is 0 Å². The molecule has 5 heteroatoms. The fourth-order valence-electron chi connectivity index (χ4n) is 3.49. The maximum Gasteiger partial charge on any atom is 0.262 e. The quantitative estimate of drug-likeness (QED) is 0.279. The lowest BCUT2D eigenvalue weighted by Gasteiger charge is -2.08. The third-order valence-electron chi connectivity index (χ3n) is 5.39. The van der Waals surface area contributed by atoms with E-state index in [1.807, 2.05) is 66.7 Å². The average molecular weight is 449 g/mol. The monoisotopic (exact) mass is 448 g/mol. The zero-order chi connectivity index (χ0) is 23.8. The van der Waals surface area contributed by atoms with E-state index < -0.39 is 5.91 Å². The molecule has 34 heavy (non-hydrogen) atoms. The van der Waals surface area contributed by atoms with E-state index in [9.17, 15) is 10.1 Å². The first-order valence-corrected chi connectivity index (χ1v) is 10.9. The summed E-state index contributed by atoms with van der Waals surface area (Å²) in [6, 6.07) is 31.2. The van der Waals surface area contributed by atoms with E-state index in [1.54, 1.807) is 13.2 Å². The first-order chi connectivity index (χ1) is 16.6. The Kier molecular flexibility index (Phi) is 7.22. The van der Waals surface area contributed by atoms with Gasteiger partial charge in [0.2, 0.25) is 0 Å². The molecule has 0 spiro atoms. The molecule has 0 bridgehead atoms. The number of fused-ring (bicyclic) bond motifs is 1. The average Bonchev–Trinajstić information content (AvgIpc) is 2.90. The number of nitriles is 1. The lowest BCUT2D eigenvalue weighted by atomic mass is 10.1.